The van der Waals surface area contributed by atoms with Gasteiger partial charge in [0.2, 0.25) is 0 Å². The Kier molecular flexibility index (Phi) is 4.57. The second-order valence-electron chi connectivity index (χ2n) is 3.51. The number of hydrogen-bond acceptors (Lipinski definition) is 3. The van der Waals surface area contributed by atoms with Gasteiger partial charge in [-0.25, -0.2) is 9.18 Å². The fourth-order valence-electron chi connectivity index (χ4n) is 1.74. The maximum atomic E-state index is 13.1. The molecule has 0 aromatic heterocycles. The van der Waals surface area contributed by atoms with Crippen LogP contribution < -0.4 is 10.1 Å². The predicted octanol–water partition coefficient (Wildman–Crippen LogP) is 2.43. The summed E-state index contributed by atoms with van der Waals surface area (Å²) in [7, 11) is 1.51. The molecule has 1 N–H and O–H groups in total. The van der Waals surface area contributed by atoms with E-state index in [1.807, 2.05) is 0 Å². The van der Waals surface area contributed by atoms with Crippen molar-refractivity contribution >= 4 is 18.5 Å². The van der Waals surface area contributed by atoms with Crippen molar-refractivity contribution in [3.05, 3.63) is 29.6 Å². The van der Waals surface area contributed by atoms with Crippen LogP contribution in [0.3, 0.4) is 0 Å². The maximum Gasteiger partial charge on any atom is 0.407 e. The molecular weight excluding hydrogens is 249 g/mol. The van der Waals surface area contributed by atoms with Gasteiger partial charge in [0.1, 0.15) is 11.6 Å². The molecule has 1 aromatic rings. The number of benzene rings is 1. The Morgan fingerprint density at radius 1 is 1.53 bits per heavy atom. The Hall–Kier alpha value is -1.49. The summed E-state index contributed by atoms with van der Waals surface area (Å²) in [6.07, 6.45) is 0.119. The summed E-state index contributed by atoms with van der Waals surface area (Å²) in [4.78, 5) is 11.1. The SMILES string of the molecule is COc1ccc(F)cc1[C@H]1CCOC(=O)N1.Cl. The van der Waals surface area contributed by atoms with Gasteiger partial charge >= 0.3 is 6.09 Å². The molecule has 94 valence electrons. The summed E-state index contributed by atoms with van der Waals surface area (Å²) < 4.78 is 23.0. The van der Waals surface area contributed by atoms with Crippen molar-refractivity contribution in [1.29, 1.82) is 0 Å². The minimum absolute atomic E-state index is 0. The number of carbonyl (C=O) groups is 1. The minimum Gasteiger partial charge on any atom is -0.496 e. The molecule has 1 heterocycles. The summed E-state index contributed by atoms with van der Waals surface area (Å²) in [6.45, 7) is 0.330. The molecule has 0 radical (unpaired) electrons. The van der Waals surface area contributed by atoms with E-state index in [9.17, 15) is 9.18 Å². The lowest BCUT2D eigenvalue weighted by Crippen LogP contribution is -2.35. The summed E-state index contributed by atoms with van der Waals surface area (Å²) >= 11 is 0. The normalized spacial score (nSPS) is 18.7. The number of alkyl carbamates (subject to hydrolysis) is 1. The van der Waals surface area contributed by atoms with Gasteiger partial charge in [0, 0.05) is 12.0 Å². The van der Waals surface area contributed by atoms with E-state index < -0.39 is 6.09 Å². The van der Waals surface area contributed by atoms with Crippen LogP contribution >= 0.6 is 12.4 Å². The third kappa shape index (κ3) is 3.00. The number of halogens is 2. The van der Waals surface area contributed by atoms with Crippen LogP contribution in [0.25, 0.3) is 0 Å². The van der Waals surface area contributed by atoms with Gasteiger partial charge in [-0.15, -0.1) is 12.4 Å². The van der Waals surface area contributed by atoms with Crippen molar-refractivity contribution < 1.29 is 18.7 Å². The number of methoxy groups -OCH3 is 1. The van der Waals surface area contributed by atoms with Gasteiger partial charge in [0.25, 0.3) is 0 Å². The van der Waals surface area contributed by atoms with Crippen LogP contribution in [0.2, 0.25) is 0 Å². The highest BCUT2D eigenvalue weighted by molar-refractivity contribution is 5.85. The standard InChI is InChI=1S/C11H12FNO3.ClH/c1-15-10-3-2-7(12)6-8(10)9-4-5-16-11(14)13-9;/h2-3,6,9H,4-5H2,1H3,(H,13,14);1H/t9-;/m1./s1. The third-order valence-corrected chi connectivity index (χ3v) is 2.50. The molecule has 2 rings (SSSR count). The first kappa shape index (κ1) is 13.6. The average molecular weight is 262 g/mol. The fourth-order valence-corrected chi connectivity index (χ4v) is 1.74. The fraction of sp³-hybridized carbons (Fsp3) is 0.364. The molecule has 4 nitrogen and oxygen atoms in total. The number of carbonyl (C=O) groups excluding carboxylic acids is 1. The summed E-state index contributed by atoms with van der Waals surface area (Å²) in [5, 5.41) is 2.63. The van der Waals surface area contributed by atoms with Crippen LogP contribution in [0.15, 0.2) is 18.2 Å². The number of amides is 1. The molecule has 0 bridgehead atoms. The minimum atomic E-state index is -0.484. The first-order chi connectivity index (χ1) is 7.70. The van der Waals surface area contributed by atoms with Crippen LogP contribution in [0.5, 0.6) is 5.75 Å². The summed E-state index contributed by atoms with van der Waals surface area (Å²) in [5.41, 5.74) is 0.638. The Morgan fingerprint density at radius 2 is 2.29 bits per heavy atom. The first-order valence-corrected chi connectivity index (χ1v) is 4.97. The Labute approximate surface area is 105 Å². The molecule has 0 unspecified atom stereocenters. The van der Waals surface area contributed by atoms with E-state index in [1.165, 1.54) is 19.2 Å². The number of nitrogens with one attached hydrogen (secondary N) is 1. The molecule has 1 saturated heterocycles. The average Bonchev–Trinajstić information content (AvgIpc) is 2.29. The second-order valence-corrected chi connectivity index (χ2v) is 3.51. The molecule has 1 fully saturated rings. The molecule has 1 amide bonds. The molecular formula is C11H13ClFNO3. The molecule has 1 aliphatic heterocycles. The Balaban J connectivity index is 0.00000144. The molecule has 1 aliphatic rings. The van der Waals surface area contributed by atoms with E-state index in [0.29, 0.717) is 24.3 Å². The molecule has 0 aliphatic carbocycles. The quantitative estimate of drug-likeness (QED) is 0.889. The van der Waals surface area contributed by atoms with Crippen molar-refractivity contribution in [2.24, 2.45) is 0 Å². The van der Waals surface area contributed by atoms with E-state index in [1.54, 1.807) is 6.07 Å². The lowest BCUT2D eigenvalue weighted by atomic mass is 10.0. The topological polar surface area (TPSA) is 47.6 Å². The van der Waals surface area contributed by atoms with E-state index in [-0.39, 0.29) is 24.3 Å². The van der Waals surface area contributed by atoms with Gasteiger partial charge in [-0.05, 0) is 18.2 Å². The van der Waals surface area contributed by atoms with Gasteiger partial charge in [0.15, 0.2) is 0 Å². The largest absolute Gasteiger partial charge is 0.496 e. The van der Waals surface area contributed by atoms with Crippen molar-refractivity contribution in [3.63, 3.8) is 0 Å². The van der Waals surface area contributed by atoms with Crippen LogP contribution in [-0.2, 0) is 4.74 Å². The van der Waals surface area contributed by atoms with Gasteiger partial charge < -0.3 is 14.8 Å². The number of rotatable bonds is 2. The van der Waals surface area contributed by atoms with E-state index >= 15 is 0 Å². The third-order valence-electron chi connectivity index (χ3n) is 2.50. The molecule has 17 heavy (non-hydrogen) atoms. The van der Waals surface area contributed by atoms with Crippen molar-refractivity contribution in [2.45, 2.75) is 12.5 Å². The second kappa shape index (κ2) is 5.72. The molecule has 0 saturated carbocycles. The van der Waals surface area contributed by atoms with E-state index in [2.05, 4.69) is 5.32 Å². The van der Waals surface area contributed by atoms with Crippen LogP contribution in [0.1, 0.15) is 18.0 Å². The maximum absolute atomic E-state index is 13.1. The van der Waals surface area contributed by atoms with E-state index in [4.69, 9.17) is 9.47 Å². The Bertz CT molecular complexity index is 414. The van der Waals surface area contributed by atoms with Crippen molar-refractivity contribution in [2.75, 3.05) is 13.7 Å². The van der Waals surface area contributed by atoms with Gasteiger partial charge in [-0.1, -0.05) is 0 Å². The lowest BCUT2D eigenvalue weighted by Gasteiger charge is -2.25. The predicted molar refractivity (Wildman–Crippen MR) is 62.0 cm³/mol. The highest BCUT2D eigenvalue weighted by Gasteiger charge is 2.23. The molecule has 1 aromatic carbocycles. The highest BCUT2D eigenvalue weighted by Crippen LogP contribution is 2.29. The zero-order valence-electron chi connectivity index (χ0n) is 9.23. The van der Waals surface area contributed by atoms with Crippen LogP contribution in [0, 0.1) is 5.82 Å². The smallest absolute Gasteiger partial charge is 0.407 e. The molecule has 6 heteroatoms. The van der Waals surface area contributed by atoms with Gasteiger partial charge in [-0.3, -0.25) is 0 Å². The number of cyclic esters (lactones) is 1. The van der Waals surface area contributed by atoms with Gasteiger partial charge in [-0.2, -0.15) is 0 Å². The van der Waals surface area contributed by atoms with Crippen LogP contribution in [0.4, 0.5) is 9.18 Å². The summed E-state index contributed by atoms with van der Waals surface area (Å²) in [6, 6.07) is 3.98. The molecule has 0 spiro atoms. The van der Waals surface area contributed by atoms with Crippen molar-refractivity contribution in [1.82, 2.24) is 5.32 Å². The monoisotopic (exact) mass is 261 g/mol. The molecule has 1 atom stereocenters. The highest BCUT2D eigenvalue weighted by atomic mass is 35.5. The Morgan fingerprint density at radius 3 is 2.94 bits per heavy atom. The number of hydrogen-bond donors (Lipinski definition) is 1. The van der Waals surface area contributed by atoms with E-state index in [0.717, 1.165) is 0 Å². The van der Waals surface area contributed by atoms with Crippen LogP contribution in [-0.4, -0.2) is 19.8 Å². The lowest BCUT2D eigenvalue weighted by molar-refractivity contribution is 0.115. The first-order valence-electron chi connectivity index (χ1n) is 4.97. The summed E-state index contributed by atoms with van der Waals surface area (Å²) in [5.74, 6) is 0.213. The zero-order chi connectivity index (χ0) is 11.5. The number of ether oxygens (including phenoxy) is 2. The van der Waals surface area contributed by atoms with Crippen molar-refractivity contribution in [3.8, 4) is 5.75 Å². The van der Waals surface area contributed by atoms with Gasteiger partial charge in [0.05, 0.1) is 19.8 Å². The zero-order valence-corrected chi connectivity index (χ0v) is 10.1.